The summed E-state index contributed by atoms with van der Waals surface area (Å²) in [5.74, 6) is -0.228. The molecule has 9 nitrogen and oxygen atoms in total. The number of amides is 1. The van der Waals surface area contributed by atoms with Gasteiger partial charge < -0.3 is 10.1 Å². The number of carbonyl (C=O) groups is 1. The number of azide groups is 1. The molecule has 3 aromatic rings. The molecule has 1 amide bonds. The molecule has 0 aliphatic heterocycles. The molecular weight excluding hydrogens is 430 g/mol. The summed E-state index contributed by atoms with van der Waals surface area (Å²) in [5.41, 5.74) is 12.5. The highest BCUT2D eigenvalue weighted by atomic mass is 16.5. The zero-order valence-electron chi connectivity index (χ0n) is 19.3. The van der Waals surface area contributed by atoms with E-state index in [-0.39, 0.29) is 12.6 Å². The smallest absolute Gasteiger partial charge is 0.248 e. The van der Waals surface area contributed by atoms with Crippen LogP contribution >= 0.6 is 0 Å². The SMILES string of the molecule is CC(C)(Cc1ccc(NC(=O)/C=C/c2cnccc2-c2cnn(C3CC3)c2)cc1)OCN=[N+]=[N-]. The average molecular weight is 458 g/mol. The number of aromatic nitrogens is 3. The van der Waals surface area contributed by atoms with Crippen LogP contribution in [0, 0.1) is 0 Å². The number of hydrogen-bond donors (Lipinski definition) is 1. The molecule has 0 radical (unpaired) electrons. The summed E-state index contributed by atoms with van der Waals surface area (Å²) in [5, 5.41) is 10.8. The normalized spacial score (nSPS) is 13.6. The maximum Gasteiger partial charge on any atom is 0.248 e. The molecule has 0 unspecified atom stereocenters. The van der Waals surface area contributed by atoms with Crippen molar-refractivity contribution in [3.05, 3.63) is 82.8 Å². The van der Waals surface area contributed by atoms with Crippen LogP contribution in [0.15, 0.2) is 66.3 Å². The summed E-state index contributed by atoms with van der Waals surface area (Å²) in [6, 6.07) is 10.0. The highest BCUT2D eigenvalue weighted by Crippen LogP contribution is 2.35. The zero-order chi connectivity index (χ0) is 24.0. The van der Waals surface area contributed by atoms with E-state index in [1.54, 1.807) is 18.5 Å². The summed E-state index contributed by atoms with van der Waals surface area (Å²) < 4.78 is 7.60. The Labute approximate surface area is 198 Å². The van der Waals surface area contributed by atoms with Crippen LogP contribution in [0.3, 0.4) is 0 Å². The minimum atomic E-state index is -0.474. The van der Waals surface area contributed by atoms with Crippen LogP contribution in [0.4, 0.5) is 5.69 Å². The molecule has 9 heteroatoms. The molecule has 0 saturated heterocycles. The standard InChI is InChI=1S/C25H27N7O2/c1-25(2,34-17-28-31-26)13-18-3-6-21(7-4-18)30-24(33)10-5-19-14-27-12-11-23(19)20-15-29-32(16-20)22-8-9-22/h3-7,10-12,14-16,22H,8-9,13,17H2,1-2H3,(H,30,33)/b10-5+. The Morgan fingerprint density at radius 2 is 2.09 bits per heavy atom. The molecule has 0 spiro atoms. The van der Waals surface area contributed by atoms with E-state index in [4.69, 9.17) is 10.3 Å². The van der Waals surface area contributed by atoms with Gasteiger partial charge >= 0.3 is 0 Å². The van der Waals surface area contributed by atoms with Gasteiger partial charge in [0.2, 0.25) is 5.91 Å². The number of rotatable bonds is 10. The first-order valence-electron chi connectivity index (χ1n) is 11.1. The van der Waals surface area contributed by atoms with Crippen molar-refractivity contribution in [1.29, 1.82) is 0 Å². The van der Waals surface area contributed by atoms with Gasteiger partial charge in [-0.1, -0.05) is 17.2 Å². The van der Waals surface area contributed by atoms with E-state index in [2.05, 4.69) is 31.6 Å². The van der Waals surface area contributed by atoms with Gasteiger partial charge in [-0.05, 0) is 67.6 Å². The summed E-state index contributed by atoms with van der Waals surface area (Å²) in [6.07, 6.45) is 13.7. The number of pyridine rings is 1. The topological polar surface area (TPSA) is 118 Å². The lowest BCUT2D eigenvalue weighted by atomic mass is 9.98. The van der Waals surface area contributed by atoms with E-state index in [0.717, 1.165) is 22.3 Å². The number of hydrogen-bond acceptors (Lipinski definition) is 5. The molecule has 0 bridgehead atoms. The van der Waals surface area contributed by atoms with Crippen LogP contribution in [0.1, 0.15) is 43.9 Å². The predicted octanol–water partition coefficient (Wildman–Crippen LogP) is 5.54. The number of anilines is 1. The second kappa shape index (κ2) is 10.3. The van der Waals surface area contributed by atoms with Gasteiger partial charge in [0.05, 0.1) is 17.8 Å². The summed E-state index contributed by atoms with van der Waals surface area (Å²) in [6.45, 7) is 3.86. The number of nitrogens with zero attached hydrogens (tertiary/aromatic N) is 6. The number of carbonyl (C=O) groups excluding carboxylic acids is 1. The minimum Gasteiger partial charge on any atom is -0.369 e. The quantitative estimate of drug-likeness (QED) is 0.186. The van der Waals surface area contributed by atoms with Gasteiger partial charge in [0.15, 0.2) is 0 Å². The molecule has 1 aliphatic rings. The minimum absolute atomic E-state index is 0.00845. The van der Waals surface area contributed by atoms with Crippen molar-refractivity contribution in [2.24, 2.45) is 5.11 Å². The van der Waals surface area contributed by atoms with Crippen molar-refractivity contribution in [2.75, 3.05) is 12.0 Å². The van der Waals surface area contributed by atoms with Crippen LogP contribution in [0.2, 0.25) is 0 Å². The monoisotopic (exact) mass is 457 g/mol. The third kappa shape index (κ3) is 6.31. The third-order valence-electron chi connectivity index (χ3n) is 5.53. The van der Waals surface area contributed by atoms with Crippen LogP contribution in [0.5, 0.6) is 0 Å². The molecular formula is C25H27N7O2. The van der Waals surface area contributed by atoms with Crippen molar-refractivity contribution in [3.63, 3.8) is 0 Å². The first-order chi connectivity index (χ1) is 16.4. The van der Waals surface area contributed by atoms with E-state index in [1.807, 2.05) is 55.1 Å². The second-order valence-electron chi connectivity index (χ2n) is 8.86. The molecule has 1 saturated carbocycles. The molecule has 34 heavy (non-hydrogen) atoms. The second-order valence-corrected chi connectivity index (χ2v) is 8.86. The molecule has 2 aromatic heterocycles. The third-order valence-corrected chi connectivity index (χ3v) is 5.53. The number of nitrogens with one attached hydrogen (secondary N) is 1. The van der Waals surface area contributed by atoms with Crippen LogP contribution in [0.25, 0.3) is 27.6 Å². The largest absolute Gasteiger partial charge is 0.369 e. The number of benzene rings is 1. The fraction of sp³-hybridized carbons (Fsp3) is 0.320. The molecule has 1 aromatic carbocycles. The molecule has 1 fully saturated rings. The van der Waals surface area contributed by atoms with Crippen LogP contribution in [-0.2, 0) is 16.0 Å². The van der Waals surface area contributed by atoms with Crippen molar-refractivity contribution in [1.82, 2.24) is 14.8 Å². The number of ether oxygens (including phenoxy) is 1. The lowest BCUT2D eigenvalue weighted by molar-refractivity contribution is -0.111. The van der Waals surface area contributed by atoms with Crippen molar-refractivity contribution >= 4 is 17.7 Å². The summed E-state index contributed by atoms with van der Waals surface area (Å²) in [7, 11) is 0. The van der Waals surface area contributed by atoms with Crippen LogP contribution < -0.4 is 5.32 Å². The fourth-order valence-corrected chi connectivity index (χ4v) is 3.65. The van der Waals surface area contributed by atoms with Gasteiger partial charge in [0, 0.05) is 52.8 Å². The predicted molar refractivity (Wildman–Crippen MR) is 131 cm³/mol. The molecule has 0 atom stereocenters. The molecule has 1 N–H and O–H groups in total. The van der Waals surface area contributed by atoms with Crippen molar-refractivity contribution in [2.45, 2.75) is 44.8 Å². The van der Waals surface area contributed by atoms with Crippen molar-refractivity contribution < 1.29 is 9.53 Å². The summed E-state index contributed by atoms with van der Waals surface area (Å²) >= 11 is 0. The Morgan fingerprint density at radius 1 is 1.29 bits per heavy atom. The van der Waals surface area contributed by atoms with E-state index in [9.17, 15) is 4.79 Å². The highest BCUT2D eigenvalue weighted by molar-refractivity contribution is 6.02. The first kappa shape index (κ1) is 23.2. The summed E-state index contributed by atoms with van der Waals surface area (Å²) in [4.78, 5) is 19.4. The maximum atomic E-state index is 12.5. The fourth-order valence-electron chi connectivity index (χ4n) is 3.65. The maximum absolute atomic E-state index is 12.5. The van der Waals surface area contributed by atoms with E-state index in [1.165, 1.54) is 18.9 Å². The van der Waals surface area contributed by atoms with E-state index < -0.39 is 5.60 Å². The van der Waals surface area contributed by atoms with Gasteiger partial charge in [-0.15, -0.1) is 0 Å². The highest BCUT2D eigenvalue weighted by Gasteiger charge is 2.24. The van der Waals surface area contributed by atoms with Crippen LogP contribution in [-0.4, -0.2) is 33.0 Å². The Morgan fingerprint density at radius 3 is 2.82 bits per heavy atom. The van der Waals surface area contributed by atoms with E-state index >= 15 is 0 Å². The zero-order valence-corrected chi connectivity index (χ0v) is 19.3. The Hall–Kier alpha value is -3.94. The molecule has 174 valence electrons. The van der Waals surface area contributed by atoms with E-state index in [0.29, 0.717) is 18.2 Å². The molecule has 2 heterocycles. The van der Waals surface area contributed by atoms with Gasteiger partial charge in [-0.25, -0.2) is 0 Å². The lowest BCUT2D eigenvalue weighted by Crippen LogP contribution is -2.27. The Bertz CT molecular complexity index is 1220. The van der Waals surface area contributed by atoms with Gasteiger partial charge in [0.1, 0.15) is 6.73 Å². The van der Waals surface area contributed by atoms with Gasteiger partial charge in [0.25, 0.3) is 0 Å². The Kier molecular flexibility index (Phi) is 7.06. The Balaban J connectivity index is 1.36. The van der Waals surface area contributed by atoms with Crippen molar-refractivity contribution in [3.8, 4) is 11.1 Å². The lowest BCUT2D eigenvalue weighted by Gasteiger charge is -2.24. The van der Waals surface area contributed by atoms with Gasteiger partial charge in [-0.3, -0.25) is 14.5 Å². The average Bonchev–Trinajstić information content (AvgIpc) is 3.56. The van der Waals surface area contributed by atoms with Gasteiger partial charge in [-0.2, -0.15) is 5.10 Å². The first-order valence-corrected chi connectivity index (χ1v) is 11.1. The molecule has 4 rings (SSSR count). The molecule has 1 aliphatic carbocycles.